The van der Waals surface area contributed by atoms with E-state index < -0.39 is 28.9 Å². The number of hydrazine groups is 1. The Morgan fingerprint density at radius 2 is 1.81 bits per heavy atom. The number of fused-ring (bicyclic) bond motifs is 1. The molecule has 2 aromatic carbocycles. The van der Waals surface area contributed by atoms with Gasteiger partial charge in [-0.2, -0.15) is 13.2 Å². The fourth-order valence-corrected chi connectivity index (χ4v) is 6.10. The highest BCUT2D eigenvalue weighted by Crippen LogP contribution is 2.47. The zero-order valence-corrected chi connectivity index (χ0v) is 24.1. The molecule has 220 valence electrons. The Labute approximate surface area is 242 Å². The maximum Gasteiger partial charge on any atom is 0.416 e. The third kappa shape index (κ3) is 5.00. The summed E-state index contributed by atoms with van der Waals surface area (Å²) in [4.78, 5) is 4.27. The van der Waals surface area contributed by atoms with Gasteiger partial charge in [0.05, 0.1) is 23.3 Å². The number of hydrogen-bond acceptors (Lipinski definition) is 4. The van der Waals surface area contributed by atoms with Crippen LogP contribution in [0, 0.1) is 25.5 Å². The molecule has 1 atom stereocenters. The molecule has 3 heterocycles. The van der Waals surface area contributed by atoms with Crippen molar-refractivity contribution in [1.82, 2.24) is 15.0 Å². The molecule has 0 amide bonds. The van der Waals surface area contributed by atoms with Crippen LogP contribution in [-0.2, 0) is 12.7 Å². The number of aryl methyl sites for hydroxylation is 1. The van der Waals surface area contributed by atoms with Gasteiger partial charge in [-0.05, 0) is 87.6 Å². The van der Waals surface area contributed by atoms with Crippen molar-refractivity contribution in [3.8, 4) is 11.1 Å². The summed E-state index contributed by atoms with van der Waals surface area (Å²) in [6, 6.07) is 9.38. The van der Waals surface area contributed by atoms with Crippen molar-refractivity contribution < 1.29 is 22.0 Å². The van der Waals surface area contributed by atoms with E-state index in [4.69, 9.17) is 0 Å². The summed E-state index contributed by atoms with van der Waals surface area (Å²) in [5.41, 5.74) is 4.55. The molecule has 1 aromatic heterocycles. The Bertz CT molecular complexity index is 1620. The van der Waals surface area contributed by atoms with E-state index in [-0.39, 0.29) is 12.1 Å². The van der Waals surface area contributed by atoms with Gasteiger partial charge in [0.25, 0.3) is 0 Å². The van der Waals surface area contributed by atoms with Crippen LogP contribution in [0.5, 0.6) is 0 Å². The van der Waals surface area contributed by atoms with Gasteiger partial charge < -0.3 is 10.3 Å². The van der Waals surface area contributed by atoms with E-state index in [9.17, 15) is 22.0 Å². The lowest BCUT2D eigenvalue weighted by atomic mass is 9.83. The fraction of sp³-hybridized carbons (Fsp3) is 0.303. The van der Waals surface area contributed by atoms with Gasteiger partial charge in [0.1, 0.15) is 0 Å². The monoisotopic (exact) mass is 580 g/mol. The second-order valence-corrected chi connectivity index (χ2v) is 11.1. The minimum Gasteiger partial charge on any atom is -0.355 e. The second kappa shape index (κ2) is 10.7. The summed E-state index contributed by atoms with van der Waals surface area (Å²) in [6.45, 7) is 17.1. The average Bonchev–Trinajstić information content (AvgIpc) is 3.33. The lowest BCUT2D eigenvalue weighted by Crippen LogP contribution is -2.55. The van der Waals surface area contributed by atoms with Crippen LogP contribution in [0.15, 0.2) is 84.4 Å². The van der Waals surface area contributed by atoms with Crippen molar-refractivity contribution in [2.24, 2.45) is 0 Å². The molecule has 3 aromatic rings. The number of anilines is 1. The molecule has 0 radical (unpaired) electrons. The van der Waals surface area contributed by atoms with E-state index in [1.54, 1.807) is 18.3 Å². The molecule has 1 unspecified atom stereocenters. The Morgan fingerprint density at radius 3 is 2.52 bits per heavy atom. The number of pyridine rings is 1. The predicted octanol–water partition coefficient (Wildman–Crippen LogP) is 8.70. The van der Waals surface area contributed by atoms with Crippen LogP contribution >= 0.6 is 0 Å². The molecule has 0 aliphatic carbocycles. The molecule has 1 fully saturated rings. The molecule has 0 spiro atoms. The third-order valence-electron chi connectivity index (χ3n) is 8.71. The first kappa shape index (κ1) is 29.5. The van der Waals surface area contributed by atoms with Gasteiger partial charge >= 0.3 is 6.18 Å². The molecule has 0 saturated carbocycles. The molecule has 0 bridgehead atoms. The van der Waals surface area contributed by atoms with E-state index in [0.29, 0.717) is 46.0 Å². The summed E-state index contributed by atoms with van der Waals surface area (Å²) in [5, 5.41) is 7.29. The lowest BCUT2D eigenvalue weighted by molar-refractivity contribution is -0.137. The zero-order valence-electron chi connectivity index (χ0n) is 24.1. The van der Waals surface area contributed by atoms with Crippen molar-refractivity contribution in [2.45, 2.75) is 58.8 Å². The van der Waals surface area contributed by atoms with Gasteiger partial charge in [-0.3, -0.25) is 4.98 Å². The van der Waals surface area contributed by atoms with Gasteiger partial charge in [0.15, 0.2) is 11.6 Å². The Balaban J connectivity index is 1.57. The molecular formula is C33H33F5N4. The van der Waals surface area contributed by atoms with Crippen LogP contribution in [0.1, 0.15) is 49.1 Å². The number of aromatic nitrogens is 1. The highest BCUT2D eigenvalue weighted by atomic mass is 19.4. The highest BCUT2D eigenvalue weighted by molar-refractivity contribution is 5.82. The first-order valence-corrected chi connectivity index (χ1v) is 13.7. The average molecular weight is 581 g/mol. The lowest BCUT2D eigenvalue weighted by Gasteiger charge is -2.51. The first-order valence-electron chi connectivity index (χ1n) is 13.7. The topological polar surface area (TPSA) is 31.4 Å². The molecule has 1 N–H and O–H groups in total. The summed E-state index contributed by atoms with van der Waals surface area (Å²) in [5.74, 6) is -1.83. The van der Waals surface area contributed by atoms with Crippen molar-refractivity contribution >= 4 is 5.69 Å². The largest absolute Gasteiger partial charge is 0.416 e. The number of alkyl halides is 3. The molecule has 4 nitrogen and oxygen atoms in total. The van der Waals surface area contributed by atoms with E-state index in [1.807, 2.05) is 25.8 Å². The summed E-state index contributed by atoms with van der Waals surface area (Å²) in [7, 11) is 0. The van der Waals surface area contributed by atoms with E-state index in [1.165, 1.54) is 12.1 Å². The van der Waals surface area contributed by atoms with Gasteiger partial charge in [0, 0.05) is 46.5 Å². The highest BCUT2D eigenvalue weighted by Gasteiger charge is 2.47. The maximum atomic E-state index is 14.7. The van der Waals surface area contributed by atoms with E-state index in [0.717, 1.165) is 42.2 Å². The molecule has 5 rings (SSSR count). The van der Waals surface area contributed by atoms with Crippen LogP contribution in [0.2, 0.25) is 0 Å². The van der Waals surface area contributed by atoms with Crippen molar-refractivity contribution in [2.75, 3.05) is 11.9 Å². The second-order valence-electron chi connectivity index (χ2n) is 11.1. The summed E-state index contributed by atoms with van der Waals surface area (Å²) in [6.07, 6.45) is -1.23. The van der Waals surface area contributed by atoms with Crippen molar-refractivity contribution in [1.29, 1.82) is 0 Å². The number of rotatable bonds is 6. The first-order chi connectivity index (χ1) is 19.7. The Kier molecular flexibility index (Phi) is 7.51. The molecule has 1 saturated heterocycles. The summed E-state index contributed by atoms with van der Waals surface area (Å²) >= 11 is 0. The van der Waals surface area contributed by atoms with Gasteiger partial charge in [0.2, 0.25) is 0 Å². The molecular weight excluding hydrogens is 547 g/mol. The Morgan fingerprint density at radius 1 is 1.07 bits per heavy atom. The quantitative estimate of drug-likeness (QED) is 0.296. The van der Waals surface area contributed by atoms with Crippen molar-refractivity contribution in [3.63, 3.8) is 0 Å². The molecule has 2 aliphatic heterocycles. The van der Waals surface area contributed by atoms with Crippen molar-refractivity contribution in [3.05, 3.63) is 118 Å². The fourth-order valence-electron chi connectivity index (χ4n) is 6.10. The molecule has 42 heavy (non-hydrogen) atoms. The number of hydrogen-bond donors (Lipinski definition) is 1. The normalized spacial score (nSPS) is 19.4. The number of nitrogens with zero attached hydrogens (tertiary/aromatic N) is 3. The van der Waals surface area contributed by atoms with Crippen LogP contribution < -0.4 is 5.32 Å². The van der Waals surface area contributed by atoms with Gasteiger partial charge in [-0.1, -0.05) is 25.3 Å². The van der Waals surface area contributed by atoms with Crippen LogP contribution in [0.25, 0.3) is 11.1 Å². The smallest absolute Gasteiger partial charge is 0.355 e. The van der Waals surface area contributed by atoms with E-state index in [2.05, 4.69) is 35.4 Å². The minimum absolute atomic E-state index is 0.0586. The molecule has 2 aliphatic rings. The van der Waals surface area contributed by atoms with Gasteiger partial charge in [-0.15, -0.1) is 0 Å². The maximum absolute atomic E-state index is 14.7. The van der Waals surface area contributed by atoms with Gasteiger partial charge in [-0.25, -0.2) is 13.8 Å². The Hall–Kier alpha value is -3.98. The third-order valence-corrected chi connectivity index (χ3v) is 8.71. The van der Waals surface area contributed by atoms with Crippen LogP contribution in [-0.4, -0.2) is 27.1 Å². The van der Waals surface area contributed by atoms with Crippen LogP contribution in [0.3, 0.4) is 0 Å². The minimum atomic E-state index is -4.52. The number of benzene rings is 2. The van der Waals surface area contributed by atoms with E-state index >= 15 is 0 Å². The molecule has 9 heteroatoms. The number of halogens is 5. The number of nitrogens with one attached hydrogen (secondary N) is 1. The standard InChI is InChI=1S/C33H33F5N4/c1-19-21(3)39-15-13-26(19)27-17-25(33(36,37)38)11-12-29(27)40-22(4)30-20(2)32(6)14-8-16-42(32)41(23(30)5)18-24-9-7-10-28(34)31(24)35/h7,9-13,15,17,40H,4-5,8,14,16,18H2,1-3,6H3. The summed E-state index contributed by atoms with van der Waals surface area (Å²) < 4.78 is 70.1. The van der Waals surface area contributed by atoms with Crippen LogP contribution in [0.4, 0.5) is 27.6 Å². The zero-order chi connectivity index (χ0) is 30.6. The SMILES string of the molecule is C=C(Nc1ccc(C(F)(F)F)cc1-c1ccnc(C)c1C)C1=C(C)C2(C)CCCN2N(Cc2cccc(F)c2F)C1=C. The predicted molar refractivity (Wildman–Crippen MR) is 155 cm³/mol.